The molecule has 13 heavy (non-hydrogen) atoms. The van der Waals surface area contributed by atoms with Gasteiger partial charge in [-0.15, -0.1) is 11.6 Å². The standard InChI is InChI=1S/C7H14ClNO3S/c8-3-7(10)4-9-6-1-2-13(11,12)5-6/h6-7,9-10H,1-5H2. The van der Waals surface area contributed by atoms with Crippen molar-refractivity contribution in [2.45, 2.75) is 18.6 Å². The van der Waals surface area contributed by atoms with Crippen molar-refractivity contribution in [1.29, 1.82) is 0 Å². The number of nitrogens with one attached hydrogen (secondary N) is 1. The second kappa shape index (κ2) is 4.59. The van der Waals surface area contributed by atoms with Crippen LogP contribution in [0.25, 0.3) is 0 Å². The summed E-state index contributed by atoms with van der Waals surface area (Å²) in [4.78, 5) is 0. The minimum absolute atomic E-state index is 0.0112. The van der Waals surface area contributed by atoms with Crippen molar-refractivity contribution in [1.82, 2.24) is 5.32 Å². The Morgan fingerprint density at radius 2 is 2.31 bits per heavy atom. The predicted molar refractivity (Wildman–Crippen MR) is 51.8 cm³/mol. The molecule has 1 heterocycles. The summed E-state index contributed by atoms with van der Waals surface area (Å²) in [5, 5.41) is 12.1. The number of halogens is 1. The average molecular weight is 228 g/mol. The number of hydrogen-bond donors (Lipinski definition) is 2. The van der Waals surface area contributed by atoms with E-state index in [0.717, 1.165) is 0 Å². The van der Waals surface area contributed by atoms with Gasteiger partial charge >= 0.3 is 0 Å². The van der Waals surface area contributed by atoms with Gasteiger partial charge in [0.2, 0.25) is 0 Å². The summed E-state index contributed by atoms with van der Waals surface area (Å²) in [6, 6.07) is -0.0112. The smallest absolute Gasteiger partial charge is 0.151 e. The maximum absolute atomic E-state index is 11.0. The van der Waals surface area contributed by atoms with Crippen LogP contribution in [0.2, 0.25) is 0 Å². The number of hydrogen-bond acceptors (Lipinski definition) is 4. The van der Waals surface area contributed by atoms with Crippen LogP contribution in [-0.4, -0.2) is 49.6 Å². The molecule has 0 saturated carbocycles. The van der Waals surface area contributed by atoms with Gasteiger partial charge in [-0.3, -0.25) is 0 Å². The van der Waals surface area contributed by atoms with Crippen molar-refractivity contribution in [2.24, 2.45) is 0 Å². The van der Waals surface area contributed by atoms with E-state index in [0.29, 0.717) is 13.0 Å². The van der Waals surface area contributed by atoms with Crippen LogP contribution in [-0.2, 0) is 9.84 Å². The van der Waals surface area contributed by atoms with Gasteiger partial charge in [-0.2, -0.15) is 0 Å². The molecule has 1 fully saturated rings. The fourth-order valence-electron chi connectivity index (χ4n) is 1.31. The van der Waals surface area contributed by atoms with Crippen molar-refractivity contribution in [2.75, 3.05) is 23.9 Å². The Kier molecular flexibility index (Phi) is 3.97. The molecule has 0 bridgehead atoms. The van der Waals surface area contributed by atoms with E-state index in [1.165, 1.54) is 0 Å². The first-order chi connectivity index (χ1) is 6.03. The molecule has 0 aromatic rings. The van der Waals surface area contributed by atoms with Crippen LogP contribution < -0.4 is 5.32 Å². The van der Waals surface area contributed by atoms with Gasteiger partial charge in [0.15, 0.2) is 9.84 Å². The lowest BCUT2D eigenvalue weighted by molar-refractivity contribution is 0.190. The maximum Gasteiger partial charge on any atom is 0.151 e. The molecule has 1 aliphatic heterocycles. The van der Waals surface area contributed by atoms with Gasteiger partial charge in [0.1, 0.15) is 0 Å². The number of sulfone groups is 1. The Morgan fingerprint density at radius 3 is 2.77 bits per heavy atom. The minimum atomic E-state index is -2.83. The summed E-state index contributed by atoms with van der Waals surface area (Å²) >= 11 is 5.39. The van der Waals surface area contributed by atoms with Crippen LogP contribution in [0.4, 0.5) is 0 Å². The second-order valence-corrected chi connectivity index (χ2v) is 5.85. The van der Waals surface area contributed by atoms with E-state index < -0.39 is 15.9 Å². The summed E-state index contributed by atoms with van der Waals surface area (Å²) in [6.07, 6.45) is 0.0436. The summed E-state index contributed by atoms with van der Waals surface area (Å²) in [5.41, 5.74) is 0. The van der Waals surface area contributed by atoms with Crippen molar-refractivity contribution in [3.63, 3.8) is 0 Å². The molecule has 0 amide bonds. The zero-order valence-electron chi connectivity index (χ0n) is 7.24. The Hall–Kier alpha value is 0.160. The topological polar surface area (TPSA) is 66.4 Å². The van der Waals surface area contributed by atoms with E-state index in [1.54, 1.807) is 0 Å². The Balaban J connectivity index is 2.25. The normalized spacial score (nSPS) is 28.9. The fraction of sp³-hybridized carbons (Fsp3) is 1.00. The van der Waals surface area contributed by atoms with Crippen molar-refractivity contribution in [3.8, 4) is 0 Å². The molecule has 2 unspecified atom stereocenters. The highest BCUT2D eigenvalue weighted by Crippen LogP contribution is 2.10. The van der Waals surface area contributed by atoms with Gasteiger partial charge in [-0.05, 0) is 6.42 Å². The van der Waals surface area contributed by atoms with Gasteiger partial charge < -0.3 is 10.4 Å². The molecule has 0 aromatic heterocycles. The summed E-state index contributed by atoms with van der Waals surface area (Å²) in [6.45, 7) is 0.365. The molecule has 0 spiro atoms. The van der Waals surface area contributed by atoms with Crippen LogP contribution in [0, 0.1) is 0 Å². The largest absolute Gasteiger partial charge is 0.391 e. The zero-order chi connectivity index (χ0) is 9.90. The molecule has 1 saturated heterocycles. The number of aliphatic hydroxyl groups excluding tert-OH is 1. The molecular weight excluding hydrogens is 214 g/mol. The molecule has 2 N–H and O–H groups in total. The first-order valence-electron chi connectivity index (χ1n) is 4.21. The zero-order valence-corrected chi connectivity index (χ0v) is 8.81. The van der Waals surface area contributed by atoms with Crippen molar-refractivity contribution >= 4 is 21.4 Å². The van der Waals surface area contributed by atoms with Gasteiger partial charge in [0.05, 0.1) is 17.6 Å². The molecular formula is C7H14ClNO3S. The molecule has 6 heteroatoms. The van der Waals surface area contributed by atoms with Crippen LogP contribution in [0.15, 0.2) is 0 Å². The van der Waals surface area contributed by atoms with Crippen LogP contribution >= 0.6 is 11.6 Å². The lowest BCUT2D eigenvalue weighted by atomic mass is 10.2. The third kappa shape index (κ3) is 3.81. The Morgan fingerprint density at radius 1 is 1.62 bits per heavy atom. The summed E-state index contributed by atoms with van der Waals surface area (Å²) in [7, 11) is -2.83. The van der Waals surface area contributed by atoms with Crippen molar-refractivity contribution < 1.29 is 13.5 Å². The fourth-order valence-corrected chi connectivity index (χ4v) is 3.13. The first-order valence-corrected chi connectivity index (χ1v) is 6.57. The lowest BCUT2D eigenvalue weighted by Gasteiger charge is -2.12. The monoisotopic (exact) mass is 227 g/mol. The number of aliphatic hydroxyl groups is 1. The second-order valence-electron chi connectivity index (χ2n) is 3.32. The van der Waals surface area contributed by atoms with Crippen LogP contribution in [0.3, 0.4) is 0 Å². The SMILES string of the molecule is O=S1(=O)CCC(NCC(O)CCl)C1. The molecule has 1 aliphatic rings. The highest BCUT2D eigenvalue weighted by Gasteiger charge is 2.27. The predicted octanol–water partition coefficient (Wildman–Crippen LogP) is -0.637. The highest BCUT2D eigenvalue weighted by atomic mass is 35.5. The third-order valence-corrected chi connectivity index (χ3v) is 4.18. The molecule has 0 aromatic carbocycles. The van der Waals surface area contributed by atoms with Crippen LogP contribution in [0.1, 0.15) is 6.42 Å². The van der Waals surface area contributed by atoms with E-state index in [2.05, 4.69) is 5.32 Å². The summed E-state index contributed by atoms with van der Waals surface area (Å²) in [5.74, 6) is 0.607. The minimum Gasteiger partial charge on any atom is -0.391 e. The molecule has 0 aliphatic carbocycles. The van der Waals surface area contributed by atoms with E-state index in [9.17, 15) is 8.42 Å². The van der Waals surface area contributed by atoms with Gasteiger partial charge in [0.25, 0.3) is 0 Å². The Bertz CT molecular complexity index is 254. The van der Waals surface area contributed by atoms with Gasteiger partial charge in [-0.1, -0.05) is 0 Å². The first kappa shape index (κ1) is 11.2. The molecule has 78 valence electrons. The van der Waals surface area contributed by atoms with Gasteiger partial charge in [-0.25, -0.2) is 8.42 Å². The average Bonchev–Trinajstić information content (AvgIpc) is 2.41. The quantitative estimate of drug-likeness (QED) is 0.628. The van der Waals surface area contributed by atoms with Gasteiger partial charge in [0, 0.05) is 18.5 Å². The molecule has 2 atom stereocenters. The van der Waals surface area contributed by atoms with Crippen LogP contribution in [0.5, 0.6) is 0 Å². The van der Waals surface area contributed by atoms with Crippen molar-refractivity contribution in [3.05, 3.63) is 0 Å². The van der Waals surface area contributed by atoms with E-state index in [-0.39, 0.29) is 23.4 Å². The molecule has 1 rings (SSSR count). The highest BCUT2D eigenvalue weighted by molar-refractivity contribution is 7.91. The van der Waals surface area contributed by atoms with E-state index >= 15 is 0 Å². The molecule has 4 nitrogen and oxygen atoms in total. The summed E-state index contributed by atoms with van der Waals surface area (Å²) < 4.78 is 22.1. The number of rotatable bonds is 4. The maximum atomic E-state index is 11.0. The van der Waals surface area contributed by atoms with E-state index in [1.807, 2.05) is 0 Å². The lowest BCUT2D eigenvalue weighted by Crippen LogP contribution is -2.36. The molecule has 0 radical (unpaired) electrons. The number of alkyl halides is 1. The third-order valence-electron chi connectivity index (χ3n) is 2.05. The van der Waals surface area contributed by atoms with E-state index in [4.69, 9.17) is 16.7 Å². The Labute approximate surface area is 83.2 Å².